The first-order valence-electron chi connectivity index (χ1n) is 6.72. The molecule has 2 nitrogen and oxygen atoms in total. The molecule has 0 aromatic heterocycles. The molecule has 1 aliphatic carbocycles. The van der Waals surface area contributed by atoms with Gasteiger partial charge in [-0.05, 0) is 48.8 Å². The van der Waals surface area contributed by atoms with Crippen molar-refractivity contribution in [2.75, 3.05) is 19.8 Å². The molecular formula is C15H20BrNO. The summed E-state index contributed by atoms with van der Waals surface area (Å²) in [5.41, 5.74) is 8.23. The van der Waals surface area contributed by atoms with Crippen molar-refractivity contribution in [1.82, 2.24) is 0 Å². The van der Waals surface area contributed by atoms with Crippen molar-refractivity contribution in [1.29, 1.82) is 0 Å². The number of benzene rings is 1. The highest BCUT2D eigenvalue weighted by atomic mass is 79.9. The molecule has 18 heavy (non-hydrogen) atoms. The van der Waals surface area contributed by atoms with Gasteiger partial charge in [-0.25, -0.2) is 0 Å². The summed E-state index contributed by atoms with van der Waals surface area (Å²) >= 11 is 3.50. The highest BCUT2D eigenvalue weighted by molar-refractivity contribution is 9.10. The van der Waals surface area contributed by atoms with Crippen LogP contribution in [0.1, 0.15) is 31.2 Å². The number of hydrogen-bond acceptors (Lipinski definition) is 2. The average Bonchev–Trinajstić information content (AvgIpc) is 2.37. The Balaban J connectivity index is 1.79. The first-order valence-corrected chi connectivity index (χ1v) is 7.51. The Morgan fingerprint density at radius 1 is 1.11 bits per heavy atom. The number of hydrogen-bond donors (Lipinski definition) is 1. The third-order valence-electron chi connectivity index (χ3n) is 4.83. The number of rotatable bonds is 2. The highest BCUT2D eigenvalue weighted by Gasteiger charge is 2.54. The zero-order chi connectivity index (χ0) is 12.6. The lowest BCUT2D eigenvalue weighted by Crippen LogP contribution is -2.55. The lowest BCUT2D eigenvalue weighted by molar-refractivity contribution is -0.0714. The maximum Gasteiger partial charge on any atom is 0.0471 e. The van der Waals surface area contributed by atoms with Gasteiger partial charge in [-0.2, -0.15) is 0 Å². The minimum atomic E-state index is 0.220. The van der Waals surface area contributed by atoms with Gasteiger partial charge in [0.25, 0.3) is 0 Å². The zero-order valence-corrected chi connectivity index (χ0v) is 12.2. The zero-order valence-electron chi connectivity index (χ0n) is 10.6. The number of halogens is 1. The second-order valence-electron chi connectivity index (χ2n) is 5.96. The summed E-state index contributed by atoms with van der Waals surface area (Å²) in [6, 6.07) is 8.70. The van der Waals surface area contributed by atoms with E-state index in [-0.39, 0.29) is 5.41 Å². The smallest absolute Gasteiger partial charge is 0.0471 e. The predicted octanol–water partition coefficient (Wildman–Crippen LogP) is 3.24. The molecule has 1 spiro atoms. The van der Waals surface area contributed by atoms with Crippen molar-refractivity contribution < 1.29 is 4.74 Å². The van der Waals surface area contributed by atoms with Crippen LogP contribution < -0.4 is 5.73 Å². The van der Waals surface area contributed by atoms with Crippen molar-refractivity contribution in [3.8, 4) is 0 Å². The summed E-state index contributed by atoms with van der Waals surface area (Å²) in [6.45, 7) is 2.62. The van der Waals surface area contributed by atoms with E-state index in [0.717, 1.165) is 24.2 Å². The Morgan fingerprint density at radius 2 is 1.72 bits per heavy atom. The lowest BCUT2D eigenvalue weighted by Gasteiger charge is -2.58. The fraction of sp³-hybridized carbons (Fsp3) is 0.600. The van der Waals surface area contributed by atoms with Gasteiger partial charge in [0.2, 0.25) is 0 Å². The standard InChI is InChI=1S/C15H20BrNO/c16-13-3-1-12(2-4-13)15(11-17)9-14(10-15)5-7-18-8-6-14/h1-4H,5-11,17H2. The molecule has 0 unspecified atom stereocenters. The van der Waals surface area contributed by atoms with Gasteiger partial charge >= 0.3 is 0 Å². The molecule has 1 saturated heterocycles. The summed E-state index contributed by atoms with van der Waals surface area (Å²) in [5.74, 6) is 0. The number of ether oxygens (including phenoxy) is 1. The summed E-state index contributed by atoms with van der Waals surface area (Å²) < 4.78 is 6.62. The Kier molecular flexibility index (Phi) is 3.25. The molecule has 2 fully saturated rings. The summed E-state index contributed by atoms with van der Waals surface area (Å²) in [6.07, 6.45) is 4.90. The van der Waals surface area contributed by atoms with Gasteiger partial charge in [-0.1, -0.05) is 28.1 Å². The molecule has 1 aliphatic heterocycles. The minimum Gasteiger partial charge on any atom is -0.381 e. The third-order valence-corrected chi connectivity index (χ3v) is 5.36. The molecule has 2 aliphatic rings. The van der Waals surface area contributed by atoms with E-state index in [2.05, 4.69) is 40.2 Å². The molecule has 3 rings (SSSR count). The van der Waals surface area contributed by atoms with E-state index in [1.165, 1.54) is 31.2 Å². The van der Waals surface area contributed by atoms with E-state index in [0.29, 0.717) is 5.41 Å². The fourth-order valence-corrected chi connectivity index (χ4v) is 4.08. The predicted molar refractivity (Wildman–Crippen MR) is 76.6 cm³/mol. The van der Waals surface area contributed by atoms with Crippen LogP contribution in [0.4, 0.5) is 0 Å². The summed E-state index contributed by atoms with van der Waals surface area (Å²) in [4.78, 5) is 0. The topological polar surface area (TPSA) is 35.2 Å². The molecule has 0 radical (unpaired) electrons. The lowest BCUT2D eigenvalue weighted by atomic mass is 9.48. The third kappa shape index (κ3) is 2.02. The van der Waals surface area contributed by atoms with Crippen molar-refractivity contribution >= 4 is 15.9 Å². The average molecular weight is 310 g/mol. The Labute approximate surface area is 117 Å². The Morgan fingerprint density at radius 3 is 2.28 bits per heavy atom. The van der Waals surface area contributed by atoms with Gasteiger partial charge < -0.3 is 10.5 Å². The molecule has 3 heteroatoms. The molecule has 0 amide bonds. The monoisotopic (exact) mass is 309 g/mol. The van der Waals surface area contributed by atoms with Crippen LogP contribution in [0.5, 0.6) is 0 Å². The normalized spacial score (nSPS) is 24.8. The molecule has 0 atom stereocenters. The largest absolute Gasteiger partial charge is 0.381 e. The van der Waals surface area contributed by atoms with Crippen molar-refractivity contribution in [3.05, 3.63) is 34.3 Å². The molecule has 1 saturated carbocycles. The maximum absolute atomic E-state index is 6.09. The van der Waals surface area contributed by atoms with Gasteiger partial charge in [-0.15, -0.1) is 0 Å². The first kappa shape index (κ1) is 12.6. The number of nitrogens with two attached hydrogens (primary N) is 1. The van der Waals surface area contributed by atoms with Crippen LogP contribution in [0.15, 0.2) is 28.7 Å². The van der Waals surface area contributed by atoms with Crippen LogP contribution in [0.3, 0.4) is 0 Å². The molecule has 2 N–H and O–H groups in total. The van der Waals surface area contributed by atoms with Gasteiger partial charge in [0, 0.05) is 29.6 Å². The summed E-state index contributed by atoms with van der Waals surface area (Å²) in [5, 5.41) is 0. The van der Waals surface area contributed by atoms with Gasteiger partial charge in [0.1, 0.15) is 0 Å². The van der Waals surface area contributed by atoms with Crippen LogP contribution in [0.2, 0.25) is 0 Å². The SMILES string of the molecule is NCC1(c2ccc(Br)cc2)CC2(CCOCC2)C1. The highest BCUT2D eigenvalue weighted by Crippen LogP contribution is 2.59. The van der Waals surface area contributed by atoms with E-state index in [9.17, 15) is 0 Å². The second kappa shape index (κ2) is 4.62. The van der Waals surface area contributed by atoms with Gasteiger partial charge in [0.05, 0.1) is 0 Å². The summed E-state index contributed by atoms with van der Waals surface area (Å²) in [7, 11) is 0. The van der Waals surface area contributed by atoms with Crippen molar-refractivity contribution in [2.24, 2.45) is 11.1 Å². The molecular weight excluding hydrogens is 290 g/mol. The molecule has 1 aromatic carbocycles. The first-order chi connectivity index (χ1) is 8.68. The van der Waals surface area contributed by atoms with Crippen molar-refractivity contribution in [2.45, 2.75) is 31.1 Å². The Hall–Kier alpha value is -0.380. The van der Waals surface area contributed by atoms with E-state index >= 15 is 0 Å². The Bertz CT molecular complexity index is 415. The van der Waals surface area contributed by atoms with Crippen LogP contribution in [0.25, 0.3) is 0 Å². The van der Waals surface area contributed by atoms with E-state index in [4.69, 9.17) is 10.5 Å². The fourth-order valence-electron chi connectivity index (χ4n) is 3.81. The maximum atomic E-state index is 6.09. The van der Waals surface area contributed by atoms with E-state index in [1.807, 2.05) is 0 Å². The quantitative estimate of drug-likeness (QED) is 0.910. The molecule has 98 valence electrons. The van der Waals surface area contributed by atoms with Gasteiger partial charge in [-0.3, -0.25) is 0 Å². The van der Waals surface area contributed by atoms with E-state index in [1.54, 1.807) is 0 Å². The van der Waals surface area contributed by atoms with Crippen molar-refractivity contribution in [3.63, 3.8) is 0 Å². The van der Waals surface area contributed by atoms with Crippen LogP contribution in [-0.2, 0) is 10.2 Å². The molecule has 1 heterocycles. The van der Waals surface area contributed by atoms with Crippen LogP contribution in [-0.4, -0.2) is 19.8 Å². The van der Waals surface area contributed by atoms with Crippen LogP contribution in [0, 0.1) is 5.41 Å². The minimum absolute atomic E-state index is 0.220. The van der Waals surface area contributed by atoms with E-state index < -0.39 is 0 Å². The van der Waals surface area contributed by atoms with Crippen LogP contribution >= 0.6 is 15.9 Å². The molecule has 1 aromatic rings. The molecule has 0 bridgehead atoms. The van der Waals surface area contributed by atoms with Gasteiger partial charge in [0.15, 0.2) is 0 Å². The second-order valence-corrected chi connectivity index (χ2v) is 6.87.